The number of amides is 3. The third-order valence-corrected chi connectivity index (χ3v) is 3.23. The van der Waals surface area contributed by atoms with Gasteiger partial charge in [-0.25, -0.2) is 18.9 Å². The number of nitrogens with two attached hydrogens (primary N) is 1. The highest BCUT2D eigenvalue weighted by Gasteiger charge is 2.46. The fourth-order valence-corrected chi connectivity index (χ4v) is 2.00. The Morgan fingerprint density at radius 1 is 1.20 bits per heavy atom. The number of nitrogens with zero attached hydrogens (tertiary/aromatic N) is 1. The minimum Gasteiger partial charge on any atom is -0.465 e. The number of aromatic nitrogens is 1. The lowest BCUT2D eigenvalue weighted by molar-refractivity contribution is -0.143. The predicted molar refractivity (Wildman–Crippen MR) is 79.5 cm³/mol. The molecule has 0 atom stereocenters. The number of alkyl halides is 2. The Kier molecular flexibility index (Phi) is 4.82. The molecule has 0 saturated heterocycles. The molecule has 3 N–H and O–H groups in total. The van der Waals surface area contributed by atoms with Gasteiger partial charge in [-0.15, -0.1) is 0 Å². The van der Waals surface area contributed by atoms with E-state index in [-0.39, 0.29) is 10.5 Å². The Balaban J connectivity index is 2.41. The van der Waals surface area contributed by atoms with Gasteiger partial charge in [0.1, 0.15) is 11.6 Å². The average molecular weight is 355 g/mol. The van der Waals surface area contributed by atoms with E-state index in [2.05, 4.69) is 9.72 Å². The molecule has 0 aliphatic heterocycles. The van der Waals surface area contributed by atoms with Gasteiger partial charge in [0.05, 0.1) is 12.7 Å². The number of urea groups is 1. The first-order valence-electron chi connectivity index (χ1n) is 6.73. The lowest BCUT2D eigenvalue weighted by atomic mass is 10.1. The molecule has 0 spiro atoms. The summed E-state index contributed by atoms with van der Waals surface area (Å²) in [6, 6.07) is 2.37. The molecule has 0 radical (unpaired) electrons. The maximum Gasteiger partial charge on any atom is 0.350 e. The fourth-order valence-electron chi connectivity index (χ4n) is 2.00. The number of anilines is 1. The van der Waals surface area contributed by atoms with E-state index in [9.17, 15) is 27.6 Å². The third kappa shape index (κ3) is 3.47. The van der Waals surface area contributed by atoms with Gasteiger partial charge in [0.25, 0.3) is 0 Å². The van der Waals surface area contributed by atoms with Gasteiger partial charge in [0, 0.05) is 11.8 Å². The zero-order valence-electron chi connectivity index (χ0n) is 12.8. The van der Waals surface area contributed by atoms with Gasteiger partial charge in [-0.1, -0.05) is 0 Å². The minimum atomic E-state index is -4.17. The Labute approximate surface area is 139 Å². The van der Waals surface area contributed by atoms with Crippen LogP contribution in [0.4, 0.5) is 23.8 Å². The number of rotatable bonds is 4. The van der Waals surface area contributed by atoms with Gasteiger partial charge in [0.2, 0.25) is 0 Å². The second-order valence-corrected chi connectivity index (χ2v) is 4.83. The number of nitrogens with one attached hydrogen (secondary N) is 1. The molecule has 2 rings (SSSR count). The molecule has 7 nitrogen and oxygen atoms in total. The van der Waals surface area contributed by atoms with Crippen molar-refractivity contribution < 1.29 is 32.3 Å². The Morgan fingerprint density at radius 2 is 1.80 bits per heavy atom. The minimum absolute atomic E-state index is 0.0181. The Bertz CT molecular complexity index is 818. The highest BCUT2D eigenvalue weighted by atomic mass is 19.3. The highest BCUT2D eigenvalue weighted by Crippen LogP contribution is 2.32. The monoisotopic (exact) mass is 355 g/mol. The van der Waals surface area contributed by atoms with Crippen molar-refractivity contribution in [3.63, 3.8) is 0 Å². The summed E-state index contributed by atoms with van der Waals surface area (Å²) in [5.41, 5.74) is 4.08. The van der Waals surface area contributed by atoms with Crippen molar-refractivity contribution in [3.8, 4) is 0 Å². The standard InChI is InChI=1S/C15H12F3N3O4/c1-25-12(22)8-6-11(20-7-8)21(14(19)24)13(23)15(17,18)9-2-4-10(16)5-3-9/h2-7,20H,1H3,(H2,19,24). The van der Waals surface area contributed by atoms with Crippen LogP contribution in [0.25, 0.3) is 0 Å². The van der Waals surface area contributed by atoms with Crippen LogP contribution in [-0.4, -0.2) is 30.0 Å². The number of ether oxygens (including phenoxy) is 1. The number of hydrogen-bond acceptors (Lipinski definition) is 4. The molecule has 2 aromatic rings. The number of aromatic amines is 1. The summed E-state index contributed by atoms with van der Waals surface area (Å²) in [5, 5.41) is 0. The SMILES string of the molecule is COC(=O)c1c[nH]c(N(C(N)=O)C(=O)C(F)(F)c2ccc(F)cc2)c1. The predicted octanol–water partition coefficient (Wildman–Crippen LogP) is 2.14. The summed E-state index contributed by atoms with van der Waals surface area (Å²) < 4.78 is 46.1. The van der Waals surface area contributed by atoms with Crippen molar-refractivity contribution in [2.75, 3.05) is 12.0 Å². The zero-order valence-corrected chi connectivity index (χ0v) is 12.8. The van der Waals surface area contributed by atoms with Gasteiger partial charge in [-0.3, -0.25) is 4.79 Å². The number of esters is 1. The molecule has 1 heterocycles. The van der Waals surface area contributed by atoms with Crippen LogP contribution in [-0.2, 0) is 15.5 Å². The van der Waals surface area contributed by atoms with Crippen molar-refractivity contribution in [1.82, 2.24) is 4.98 Å². The topological polar surface area (TPSA) is 105 Å². The molecule has 0 aliphatic carbocycles. The molecule has 0 aliphatic rings. The number of H-pyrrole nitrogens is 1. The molecule has 0 saturated carbocycles. The summed E-state index contributed by atoms with van der Waals surface area (Å²) in [7, 11) is 1.09. The highest BCUT2D eigenvalue weighted by molar-refractivity contribution is 6.16. The van der Waals surface area contributed by atoms with Crippen molar-refractivity contribution in [3.05, 3.63) is 53.5 Å². The Morgan fingerprint density at radius 3 is 2.32 bits per heavy atom. The van der Waals surface area contributed by atoms with E-state index in [1.54, 1.807) is 0 Å². The van der Waals surface area contributed by atoms with Crippen LogP contribution in [0.15, 0.2) is 36.5 Å². The van der Waals surface area contributed by atoms with Crippen molar-refractivity contribution in [2.24, 2.45) is 5.73 Å². The number of carbonyl (C=O) groups is 3. The normalized spacial score (nSPS) is 11.0. The Hall–Kier alpha value is -3.30. The van der Waals surface area contributed by atoms with E-state index < -0.39 is 41.0 Å². The summed E-state index contributed by atoms with van der Waals surface area (Å²) in [6.07, 6.45) is 1.06. The second kappa shape index (κ2) is 6.67. The third-order valence-electron chi connectivity index (χ3n) is 3.23. The smallest absolute Gasteiger partial charge is 0.350 e. The molecule has 0 unspecified atom stereocenters. The molecule has 0 bridgehead atoms. The first-order chi connectivity index (χ1) is 11.7. The molecule has 3 amide bonds. The maximum absolute atomic E-state index is 14.4. The number of hydrogen-bond donors (Lipinski definition) is 2. The van der Waals surface area contributed by atoms with Crippen molar-refractivity contribution in [1.29, 1.82) is 0 Å². The van der Waals surface area contributed by atoms with Crippen LogP contribution < -0.4 is 10.6 Å². The van der Waals surface area contributed by atoms with Crippen LogP contribution in [0.2, 0.25) is 0 Å². The average Bonchev–Trinajstić information content (AvgIpc) is 3.03. The molecule has 10 heteroatoms. The van der Waals surface area contributed by atoms with Gasteiger partial charge in [0.15, 0.2) is 0 Å². The van der Waals surface area contributed by atoms with Gasteiger partial charge >= 0.3 is 23.8 Å². The zero-order chi connectivity index (χ0) is 18.8. The molecule has 25 heavy (non-hydrogen) atoms. The van der Waals surface area contributed by atoms with E-state index in [0.717, 1.165) is 31.5 Å². The number of halogens is 3. The van der Waals surface area contributed by atoms with Crippen LogP contribution in [0.3, 0.4) is 0 Å². The van der Waals surface area contributed by atoms with Gasteiger partial charge in [-0.2, -0.15) is 8.78 Å². The van der Waals surface area contributed by atoms with E-state index >= 15 is 0 Å². The van der Waals surface area contributed by atoms with Crippen LogP contribution >= 0.6 is 0 Å². The molecule has 0 fully saturated rings. The van der Waals surface area contributed by atoms with E-state index in [1.165, 1.54) is 0 Å². The number of methoxy groups -OCH3 is 1. The van der Waals surface area contributed by atoms with Gasteiger partial charge in [-0.05, 0) is 30.3 Å². The largest absolute Gasteiger partial charge is 0.465 e. The molecular weight excluding hydrogens is 343 g/mol. The summed E-state index contributed by atoms with van der Waals surface area (Å²) in [6.45, 7) is 0. The number of imide groups is 1. The van der Waals surface area contributed by atoms with Crippen LogP contribution in [0, 0.1) is 5.82 Å². The first-order valence-corrected chi connectivity index (χ1v) is 6.73. The second-order valence-electron chi connectivity index (χ2n) is 4.83. The molecule has 1 aromatic heterocycles. The quantitative estimate of drug-likeness (QED) is 0.820. The van der Waals surface area contributed by atoms with E-state index in [1.807, 2.05) is 0 Å². The van der Waals surface area contributed by atoms with E-state index in [0.29, 0.717) is 12.1 Å². The lowest BCUT2D eigenvalue weighted by Crippen LogP contribution is -2.48. The van der Waals surface area contributed by atoms with Crippen LogP contribution in [0.1, 0.15) is 15.9 Å². The first kappa shape index (κ1) is 18.0. The molecule has 132 valence electrons. The maximum atomic E-state index is 14.4. The number of carbonyl (C=O) groups excluding carboxylic acids is 3. The molecule has 1 aromatic carbocycles. The summed E-state index contributed by atoms with van der Waals surface area (Å²) >= 11 is 0. The van der Waals surface area contributed by atoms with Crippen LogP contribution in [0.5, 0.6) is 0 Å². The summed E-state index contributed by atoms with van der Waals surface area (Å²) in [4.78, 5) is 37.4. The van der Waals surface area contributed by atoms with E-state index in [4.69, 9.17) is 5.73 Å². The summed E-state index contributed by atoms with van der Waals surface area (Å²) in [5.74, 6) is -8.17. The van der Waals surface area contributed by atoms with Crippen molar-refractivity contribution >= 4 is 23.7 Å². The number of primary amides is 1. The number of benzene rings is 1. The fraction of sp³-hybridized carbons (Fsp3) is 0.133. The molecular formula is C15H12F3N3O4. The lowest BCUT2D eigenvalue weighted by Gasteiger charge is -2.23. The van der Waals surface area contributed by atoms with Crippen molar-refractivity contribution in [2.45, 2.75) is 5.92 Å². The van der Waals surface area contributed by atoms with Gasteiger partial charge < -0.3 is 15.5 Å².